The van der Waals surface area contributed by atoms with Gasteiger partial charge in [-0.1, -0.05) is 0 Å². The molecular weight excluding hydrogens is 204 g/mol. The zero-order chi connectivity index (χ0) is 11.5. The number of amides is 1. The summed E-state index contributed by atoms with van der Waals surface area (Å²) < 4.78 is 4.87. The van der Waals surface area contributed by atoms with Crippen molar-refractivity contribution in [1.29, 1.82) is 0 Å². The van der Waals surface area contributed by atoms with E-state index < -0.39 is 0 Å². The molecule has 2 atom stereocenters. The number of aromatic nitrogens is 1. The average Bonchev–Trinajstić information content (AvgIpc) is 2.70. The first-order chi connectivity index (χ1) is 7.68. The van der Waals surface area contributed by atoms with Gasteiger partial charge < -0.3 is 9.32 Å². The number of piperidine rings is 1. The quantitative estimate of drug-likeness (QED) is 0.769. The van der Waals surface area contributed by atoms with E-state index >= 15 is 0 Å². The summed E-state index contributed by atoms with van der Waals surface area (Å²) in [5.74, 6) is 0.161. The Kier molecular flexibility index (Phi) is 3.27. The molecule has 16 heavy (non-hydrogen) atoms. The van der Waals surface area contributed by atoms with Gasteiger partial charge in [-0.3, -0.25) is 4.79 Å². The van der Waals surface area contributed by atoms with Crippen molar-refractivity contribution < 1.29 is 9.21 Å². The van der Waals surface area contributed by atoms with E-state index in [0.717, 1.165) is 18.5 Å². The van der Waals surface area contributed by atoms with Crippen LogP contribution < -0.4 is 0 Å². The Balaban J connectivity index is 2.02. The minimum Gasteiger partial charge on any atom is -0.451 e. The fourth-order valence-electron chi connectivity index (χ4n) is 2.48. The topological polar surface area (TPSA) is 46.3 Å². The number of nitrogens with zero attached hydrogens (tertiary/aromatic N) is 2. The normalized spacial score (nSPS) is 25.8. The standard InChI is InChI=1S/C12H18N2O2/c1-9-4-3-5-10(2)14(9)12(15)6-11-7-16-8-13-11/h7-10H,3-6H2,1-2H3. The van der Waals surface area contributed by atoms with Crippen LogP contribution in [0.15, 0.2) is 17.1 Å². The van der Waals surface area contributed by atoms with Crippen LogP contribution in [-0.4, -0.2) is 27.9 Å². The molecule has 1 aliphatic heterocycles. The van der Waals surface area contributed by atoms with Gasteiger partial charge >= 0.3 is 0 Å². The van der Waals surface area contributed by atoms with Crippen molar-refractivity contribution in [2.45, 2.75) is 51.6 Å². The maximum atomic E-state index is 12.1. The number of likely N-dealkylation sites (tertiary alicyclic amines) is 1. The fraction of sp³-hybridized carbons (Fsp3) is 0.667. The first-order valence-electron chi connectivity index (χ1n) is 5.86. The van der Waals surface area contributed by atoms with Gasteiger partial charge in [-0.25, -0.2) is 4.98 Å². The molecule has 4 nitrogen and oxygen atoms in total. The second-order valence-electron chi connectivity index (χ2n) is 4.59. The SMILES string of the molecule is CC1CCCC(C)N1C(=O)Cc1cocn1. The van der Waals surface area contributed by atoms with Crippen LogP contribution in [0.2, 0.25) is 0 Å². The molecule has 2 rings (SSSR count). The lowest BCUT2D eigenvalue weighted by Crippen LogP contribution is -2.48. The molecule has 2 unspecified atom stereocenters. The van der Waals surface area contributed by atoms with Crippen LogP contribution in [0.5, 0.6) is 0 Å². The van der Waals surface area contributed by atoms with Gasteiger partial charge in [-0.15, -0.1) is 0 Å². The summed E-state index contributed by atoms with van der Waals surface area (Å²) in [7, 11) is 0. The van der Waals surface area contributed by atoms with Gasteiger partial charge in [0.25, 0.3) is 0 Å². The van der Waals surface area contributed by atoms with Crippen molar-refractivity contribution in [1.82, 2.24) is 9.88 Å². The molecule has 88 valence electrons. The van der Waals surface area contributed by atoms with Crippen LogP contribution in [0.3, 0.4) is 0 Å². The molecule has 1 amide bonds. The number of rotatable bonds is 2. The van der Waals surface area contributed by atoms with Gasteiger partial charge in [-0.2, -0.15) is 0 Å². The van der Waals surface area contributed by atoms with E-state index in [1.807, 2.05) is 4.90 Å². The second-order valence-corrected chi connectivity index (χ2v) is 4.59. The molecular formula is C12H18N2O2. The monoisotopic (exact) mass is 222 g/mol. The minimum absolute atomic E-state index is 0.161. The van der Waals surface area contributed by atoms with Crippen molar-refractivity contribution in [3.05, 3.63) is 18.4 Å². The summed E-state index contributed by atoms with van der Waals surface area (Å²) >= 11 is 0. The van der Waals surface area contributed by atoms with Gasteiger partial charge in [0.1, 0.15) is 6.26 Å². The minimum atomic E-state index is 0.161. The third-order valence-corrected chi connectivity index (χ3v) is 3.30. The van der Waals surface area contributed by atoms with Gasteiger partial charge in [-0.05, 0) is 33.1 Å². The van der Waals surface area contributed by atoms with Crippen molar-refractivity contribution >= 4 is 5.91 Å². The summed E-state index contributed by atoms with van der Waals surface area (Å²) in [6.07, 6.45) is 6.69. The summed E-state index contributed by atoms with van der Waals surface area (Å²) in [4.78, 5) is 18.1. The molecule has 0 bridgehead atoms. The highest BCUT2D eigenvalue weighted by atomic mass is 16.3. The van der Waals surface area contributed by atoms with E-state index in [9.17, 15) is 4.79 Å². The Morgan fingerprint density at radius 1 is 1.50 bits per heavy atom. The van der Waals surface area contributed by atoms with Crippen molar-refractivity contribution in [3.8, 4) is 0 Å². The predicted octanol–water partition coefficient (Wildman–Crippen LogP) is 2.01. The largest absolute Gasteiger partial charge is 0.451 e. The third kappa shape index (κ3) is 2.26. The summed E-state index contributed by atoms with van der Waals surface area (Å²) in [5.41, 5.74) is 0.718. The van der Waals surface area contributed by atoms with E-state index in [2.05, 4.69) is 18.8 Å². The van der Waals surface area contributed by atoms with Crippen LogP contribution in [0.25, 0.3) is 0 Å². The number of carbonyl (C=O) groups is 1. The Morgan fingerprint density at radius 2 is 2.19 bits per heavy atom. The maximum absolute atomic E-state index is 12.1. The molecule has 1 aliphatic rings. The van der Waals surface area contributed by atoms with Crippen molar-refractivity contribution in [2.75, 3.05) is 0 Å². The van der Waals surface area contributed by atoms with Gasteiger partial charge in [0.2, 0.25) is 5.91 Å². The molecule has 0 N–H and O–H groups in total. The number of carbonyl (C=O) groups excluding carboxylic acids is 1. The smallest absolute Gasteiger partial charge is 0.229 e. The lowest BCUT2D eigenvalue weighted by atomic mass is 9.97. The molecule has 4 heteroatoms. The van der Waals surface area contributed by atoms with E-state index in [0.29, 0.717) is 18.5 Å². The Bertz CT molecular complexity index is 338. The van der Waals surface area contributed by atoms with E-state index in [1.54, 1.807) is 0 Å². The van der Waals surface area contributed by atoms with Crippen LogP contribution >= 0.6 is 0 Å². The van der Waals surface area contributed by atoms with Crippen LogP contribution in [-0.2, 0) is 11.2 Å². The van der Waals surface area contributed by atoms with Gasteiger partial charge in [0.15, 0.2) is 6.39 Å². The molecule has 1 saturated heterocycles. The lowest BCUT2D eigenvalue weighted by molar-refractivity contribution is -0.136. The molecule has 0 aliphatic carbocycles. The summed E-state index contributed by atoms with van der Waals surface area (Å²) in [6, 6.07) is 0.700. The number of oxazole rings is 1. The first kappa shape index (κ1) is 11.2. The highest BCUT2D eigenvalue weighted by Crippen LogP contribution is 2.23. The zero-order valence-electron chi connectivity index (χ0n) is 9.85. The molecule has 2 heterocycles. The second kappa shape index (κ2) is 4.68. The summed E-state index contributed by atoms with van der Waals surface area (Å²) in [6.45, 7) is 4.24. The zero-order valence-corrected chi connectivity index (χ0v) is 9.85. The molecule has 0 spiro atoms. The van der Waals surface area contributed by atoms with Crippen LogP contribution in [0.1, 0.15) is 38.8 Å². The predicted molar refractivity (Wildman–Crippen MR) is 59.8 cm³/mol. The highest BCUT2D eigenvalue weighted by molar-refractivity contribution is 5.79. The van der Waals surface area contributed by atoms with Gasteiger partial charge in [0.05, 0.1) is 12.1 Å². The van der Waals surface area contributed by atoms with E-state index in [1.165, 1.54) is 19.1 Å². The number of hydrogen-bond acceptors (Lipinski definition) is 3. The van der Waals surface area contributed by atoms with Gasteiger partial charge in [0, 0.05) is 12.1 Å². The Morgan fingerprint density at radius 3 is 2.75 bits per heavy atom. The number of hydrogen-bond donors (Lipinski definition) is 0. The fourth-order valence-corrected chi connectivity index (χ4v) is 2.48. The Hall–Kier alpha value is -1.32. The van der Waals surface area contributed by atoms with E-state index in [4.69, 9.17) is 4.42 Å². The first-order valence-corrected chi connectivity index (χ1v) is 5.86. The van der Waals surface area contributed by atoms with Crippen molar-refractivity contribution in [3.63, 3.8) is 0 Å². The molecule has 0 radical (unpaired) electrons. The summed E-state index contributed by atoms with van der Waals surface area (Å²) in [5, 5.41) is 0. The highest BCUT2D eigenvalue weighted by Gasteiger charge is 2.28. The molecule has 1 aromatic rings. The third-order valence-electron chi connectivity index (χ3n) is 3.30. The van der Waals surface area contributed by atoms with E-state index in [-0.39, 0.29) is 5.91 Å². The van der Waals surface area contributed by atoms with Crippen LogP contribution in [0.4, 0.5) is 0 Å². The molecule has 0 aromatic carbocycles. The molecule has 1 fully saturated rings. The maximum Gasteiger partial charge on any atom is 0.229 e. The average molecular weight is 222 g/mol. The van der Waals surface area contributed by atoms with Crippen LogP contribution in [0, 0.1) is 0 Å². The molecule has 1 aromatic heterocycles. The molecule has 0 saturated carbocycles. The van der Waals surface area contributed by atoms with Crippen molar-refractivity contribution in [2.24, 2.45) is 0 Å². The lowest BCUT2D eigenvalue weighted by Gasteiger charge is -2.39. The Labute approximate surface area is 95.6 Å².